The molecule has 0 unspecified atom stereocenters. The molecule has 0 atom stereocenters. The summed E-state index contributed by atoms with van der Waals surface area (Å²) in [5.41, 5.74) is 0. The molecule has 100 valence electrons. The molecule has 0 radical (unpaired) electrons. The highest BCUT2D eigenvalue weighted by Gasteiger charge is 2.37. The van der Waals surface area contributed by atoms with Crippen molar-refractivity contribution < 1.29 is 13.5 Å². The third kappa shape index (κ3) is 2.63. The molecule has 7 heteroatoms. The molecule has 1 heterocycles. The van der Waals surface area contributed by atoms with E-state index in [1.165, 1.54) is 21.4 Å². The molecule has 1 fully saturated rings. The average Bonchev–Trinajstić information content (AvgIpc) is 3.05. The number of hydrogen-bond acceptors (Lipinski definition) is 4. The molecule has 0 saturated heterocycles. The maximum absolute atomic E-state index is 12.4. The molecule has 2 rings (SSSR count). The Bertz CT molecular complexity index is 519. The molecular weight excluding hydrogens is 254 g/mol. The van der Waals surface area contributed by atoms with E-state index in [1.807, 2.05) is 0 Å². The van der Waals surface area contributed by atoms with Gasteiger partial charge in [-0.15, -0.1) is 6.58 Å². The van der Waals surface area contributed by atoms with Crippen molar-refractivity contribution in [2.45, 2.75) is 30.3 Å². The van der Waals surface area contributed by atoms with E-state index < -0.39 is 10.0 Å². The lowest BCUT2D eigenvalue weighted by Crippen LogP contribution is -2.33. The first kappa shape index (κ1) is 13.3. The molecule has 1 aliphatic carbocycles. The summed E-state index contributed by atoms with van der Waals surface area (Å²) in [6, 6.07) is 0.0918. The predicted octanol–water partition coefficient (Wildman–Crippen LogP) is 0.214. The second-order valence-electron chi connectivity index (χ2n) is 4.26. The molecule has 0 bridgehead atoms. The second kappa shape index (κ2) is 5.21. The lowest BCUT2D eigenvalue weighted by Gasteiger charge is -2.18. The van der Waals surface area contributed by atoms with Gasteiger partial charge in [0.2, 0.25) is 10.0 Å². The maximum atomic E-state index is 12.4. The van der Waals surface area contributed by atoms with Crippen molar-refractivity contribution in [1.82, 2.24) is 14.1 Å². The van der Waals surface area contributed by atoms with Crippen LogP contribution in [-0.2, 0) is 16.6 Å². The number of rotatable bonds is 7. The normalized spacial score (nSPS) is 16.1. The summed E-state index contributed by atoms with van der Waals surface area (Å²) in [6.07, 6.45) is 6.16. The van der Waals surface area contributed by atoms with Gasteiger partial charge in [0, 0.05) is 18.8 Å². The average molecular weight is 271 g/mol. The summed E-state index contributed by atoms with van der Waals surface area (Å²) >= 11 is 0. The van der Waals surface area contributed by atoms with Gasteiger partial charge in [0.1, 0.15) is 4.90 Å². The fourth-order valence-corrected chi connectivity index (χ4v) is 3.38. The molecule has 1 aromatic heterocycles. The first-order valence-electron chi connectivity index (χ1n) is 5.85. The maximum Gasteiger partial charge on any atom is 0.246 e. The number of hydrogen-bond donors (Lipinski definition) is 1. The third-order valence-corrected chi connectivity index (χ3v) is 4.68. The lowest BCUT2D eigenvalue weighted by molar-refractivity contribution is 0.269. The zero-order valence-corrected chi connectivity index (χ0v) is 10.9. The number of aromatic nitrogens is 2. The summed E-state index contributed by atoms with van der Waals surface area (Å²) in [5, 5.41) is 12.7. The molecule has 0 spiro atoms. The minimum atomic E-state index is -3.50. The molecule has 1 aromatic rings. The van der Waals surface area contributed by atoms with Gasteiger partial charge in [-0.1, -0.05) is 6.08 Å². The van der Waals surface area contributed by atoms with Gasteiger partial charge < -0.3 is 5.11 Å². The summed E-state index contributed by atoms with van der Waals surface area (Å²) in [4.78, 5) is 0.171. The topological polar surface area (TPSA) is 75.4 Å². The third-order valence-electron chi connectivity index (χ3n) is 2.81. The largest absolute Gasteiger partial charge is 0.394 e. The number of sulfonamides is 1. The van der Waals surface area contributed by atoms with Gasteiger partial charge in [0.25, 0.3) is 0 Å². The van der Waals surface area contributed by atoms with Crippen molar-refractivity contribution in [3.8, 4) is 0 Å². The standard InChI is InChI=1S/C11H17N3O3S/c1-2-5-14(10-3-4-10)18(16,17)11-8-12-13(9-11)6-7-15/h2,8-10,15H,1,3-7H2. The Morgan fingerprint density at radius 1 is 1.61 bits per heavy atom. The first-order valence-corrected chi connectivity index (χ1v) is 7.29. The fourth-order valence-electron chi connectivity index (χ4n) is 1.77. The molecule has 6 nitrogen and oxygen atoms in total. The van der Waals surface area contributed by atoms with Gasteiger partial charge in [0.05, 0.1) is 19.3 Å². The monoisotopic (exact) mass is 271 g/mol. The summed E-state index contributed by atoms with van der Waals surface area (Å²) in [7, 11) is -3.50. The first-order chi connectivity index (χ1) is 8.59. The SMILES string of the molecule is C=CCN(C1CC1)S(=O)(=O)c1cnn(CCO)c1. The lowest BCUT2D eigenvalue weighted by atomic mass is 10.6. The molecule has 1 N–H and O–H groups in total. The molecule has 18 heavy (non-hydrogen) atoms. The van der Waals surface area contributed by atoms with Crippen LogP contribution in [0.1, 0.15) is 12.8 Å². The van der Waals surface area contributed by atoms with E-state index in [-0.39, 0.29) is 17.5 Å². The minimum absolute atomic E-state index is 0.0693. The van der Waals surface area contributed by atoms with Gasteiger partial charge in [-0.2, -0.15) is 9.40 Å². The van der Waals surface area contributed by atoms with Crippen molar-refractivity contribution >= 4 is 10.0 Å². The zero-order valence-electron chi connectivity index (χ0n) is 10.1. The van der Waals surface area contributed by atoms with Gasteiger partial charge in [0.15, 0.2) is 0 Å². The van der Waals surface area contributed by atoms with Gasteiger partial charge in [-0.25, -0.2) is 8.42 Å². The number of nitrogens with zero attached hydrogens (tertiary/aromatic N) is 3. The van der Waals surface area contributed by atoms with Gasteiger partial charge >= 0.3 is 0 Å². The van der Waals surface area contributed by atoms with Crippen molar-refractivity contribution in [3.05, 3.63) is 25.0 Å². The van der Waals surface area contributed by atoms with Crippen LogP contribution in [0.5, 0.6) is 0 Å². The van der Waals surface area contributed by atoms with Crippen LogP contribution in [0.25, 0.3) is 0 Å². The number of aliphatic hydroxyl groups is 1. The van der Waals surface area contributed by atoms with E-state index >= 15 is 0 Å². The van der Waals surface area contributed by atoms with Crippen molar-refractivity contribution in [2.24, 2.45) is 0 Å². The smallest absolute Gasteiger partial charge is 0.246 e. The summed E-state index contributed by atoms with van der Waals surface area (Å²) < 4.78 is 27.6. The highest BCUT2D eigenvalue weighted by atomic mass is 32.2. The van der Waals surface area contributed by atoms with E-state index in [2.05, 4.69) is 11.7 Å². The molecule has 0 amide bonds. The Labute approximate surface area is 107 Å². The highest BCUT2D eigenvalue weighted by Crippen LogP contribution is 2.31. The van der Waals surface area contributed by atoms with Crippen molar-refractivity contribution in [2.75, 3.05) is 13.2 Å². The Morgan fingerprint density at radius 2 is 2.33 bits per heavy atom. The Kier molecular flexibility index (Phi) is 3.84. The van der Waals surface area contributed by atoms with Crippen LogP contribution < -0.4 is 0 Å². The van der Waals surface area contributed by atoms with Crippen LogP contribution >= 0.6 is 0 Å². The number of aliphatic hydroxyl groups excluding tert-OH is 1. The Morgan fingerprint density at radius 3 is 2.89 bits per heavy atom. The molecule has 1 saturated carbocycles. The summed E-state index contributed by atoms with van der Waals surface area (Å²) in [6.45, 7) is 4.13. The van der Waals surface area contributed by atoms with Gasteiger partial charge in [-0.05, 0) is 12.8 Å². The van der Waals surface area contributed by atoms with Crippen LogP contribution in [0.15, 0.2) is 29.9 Å². The van der Waals surface area contributed by atoms with E-state index in [9.17, 15) is 8.42 Å². The second-order valence-corrected chi connectivity index (χ2v) is 6.15. The van der Waals surface area contributed by atoms with Crippen LogP contribution in [0.4, 0.5) is 0 Å². The van der Waals surface area contributed by atoms with Crippen molar-refractivity contribution in [3.63, 3.8) is 0 Å². The molecule has 0 aromatic carbocycles. The minimum Gasteiger partial charge on any atom is -0.394 e. The van der Waals surface area contributed by atoms with E-state index in [0.29, 0.717) is 13.1 Å². The van der Waals surface area contributed by atoms with E-state index in [1.54, 1.807) is 6.08 Å². The van der Waals surface area contributed by atoms with E-state index in [4.69, 9.17) is 5.11 Å². The summed E-state index contributed by atoms with van der Waals surface area (Å²) in [5.74, 6) is 0. The zero-order chi connectivity index (χ0) is 13.2. The fraction of sp³-hybridized carbons (Fsp3) is 0.545. The van der Waals surface area contributed by atoms with Crippen LogP contribution in [-0.4, -0.2) is 46.8 Å². The van der Waals surface area contributed by atoms with Crippen molar-refractivity contribution in [1.29, 1.82) is 0 Å². The van der Waals surface area contributed by atoms with Gasteiger partial charge in [-0.3, -0.25) is 4.68 Å². The Hall–Kier alpha value is -1.18. The van der Waals surface area contributed by atoms with Crippen LogP contribution in [0, 0.1) is 0 Å². The molecule has 1 aliphatic rings. The van der Waals surface area contributed by atoms with Crippen LogP contribution in [0.2, 0.25) is 0 Å². The molecule has 0 aliphatic heterocycles. The Balaban J connectivity index is 2.24. The predicted molar refractivity (Wildman–Crippen MR) is 66.4 cm³/mol. The van der Waals surface area contributed by atoms with Crippen LogP contribution in [0.3, 0.4) is 0 Å². The van der Waals surface area contributed by atoms with E-state index in [0.717, 1.165) is 12.8 Å². The quantitative estimate of drug-likeness (QED) is 0.720. The molecular formula is C11H17N3O3S. The highest BCUT2D eigenvalue weighted by molar-refractivity contribution is 7.89.